The van der Waals surface area contributed by atoms with Crippen LogP contribution in [0.15, 0.2) is 16.9 Å². The van der Waals surface area contributed by atoms with Gasteiger partial charge in [-0.25, -0.2) is 4.79 Å². The molecule has 2 fully saturated rings. The summed E-state index contributed by atoms with van der Waals surface area (Å²) >= 11 is 0. The summed E-state index contributed by atoms with van der Waals surface area (Å²) in [7, 11) is 0. The van der Waals surface area contributed by atoms with Crippen molar-refractivity contribution < 1.29 is 9.90 Å². The second kappa shape index (κ2) is 5.77. The van der Waals surface area contributed by atoms with Gasteiger partial charge >= 0.3 is 5.97 Å². The van der Waals surface area contributed by atoms with Crippen LogP contribution in [0, 0.1) is 6.92 Å². The van der Waals surface area contributed by atoms with Crippen molar-refractivity contribution in [2.24, 2.45) is 0 Å². The van der Waals surface area contributed by atoms with Gasteiger partial charge in [-0.1, -0.05) is 0 Å². The van der Waals surface area contributed by atoms with Crippen molar-refractivity contribution in [1.29, 1.82) is 0 Å². The van der Waals surface area contributed by atoms with Crippen LogP contribution in [-0.2, 0) is 0 Å². The van der Waals surface area contributed by atoms with Crippen molar-refractivity contribution in [3.63, 3.8) is 0 Å². The molecule has 1 aromatic carbocycles. The Morgan fingerprint density at radius 3 is 2.56 bits per heavy atom. The van der Waals surface area contributed by atoms with Crippen LogP contribution >= 0.6 is 0 Å². The van der Waals surface area contributed by atoms with Gasteiger partial charge in [-0.15, -0.1) is 0 Å². The molecule has 4 rings (SSSR count). The fraction of sp³-hybridized carbons (Fsp3) is 0.444. The Morgan fingerprint density at radius 1 is 1.28 bits per heavy atom. The molecule has 1 saturated heterocycles. The predicted octanol–water partition coefficient (Wildman–Crippen LogP) is 1.33. The molecule has 0 amide bonds. The van der Waals surface area contributed by atoms with Crippen molar-refractivity contribution in [2.45, 2.75) is 25.8 Å². The van der Waals surface area contributed by atoms with E-state index in [2.05, 4.69) is 10.2 Å². The van der Waals surface area contributed by atoms with Gasteiger partial charge in [0.15, 0.2) is 5.43 Å². The lowest BCUT2D eigenvalue weighted by Gasteiger charge is -2.32. The zero-order valence-corrected chi connectivity index (χ0v) is 14.2. The number of carboxylic acid groups (broad SMARTS) is 1. The highest BCUT2D eigenvalue weighted by atomic mass is 16.4. The number of fused-ring (bicyclic) bond motifs is 1. The van der Waals surface area contributed by atoms with E-state index in [4.69, 9.17) is 5.73 Å². The normalized spacial score (nSPS) is 17.9. The highest BCUT2D eigenvalue weighted by Gasteiger charge is 2.31. The van der Waals surface area contributed by atoms with Gasteiger partial charge < -0.3 is 25.6 Å². The lowest BCUT2D eigenvalue weighted by Crippen LogP contribution is -2.44. The molecule has 2 aromatic rings. The van der Waals surface area contributed by atoms with E-state index in [1.54, 1.807) is 6.07 Å². The molecule has 0 radical (unpaired) electrons. The molecule has 1 aliphatic carbocycles. The number of hydrogen-bond donors (Lipinski definition) is 3. The van der Waals surface area contributed by atoms with Crippen LogP contribution in [0.3, 0.4) is 0 Å². The molecule has 1 saturated carbocycles. The third-order valence-corrected chi connectivity index (χ3v) is 5.14. The summed E-state index contributed by atoms with van der Waals surface area (Å²) in [5, 5.41) is 13.4. The molecular weight excluding hydrogens is 320 g/mol. The number of pyridine rings is 1. The molecule has 7 nitrogen and oxygen atoms in total. The topological polar surface area (TPSA) is 101 Å². The number of benzene rings is 1. The summed E-state index contributed by atoms with van der Waals surface area (Å²) in [5.74, 6) is -1.06. The zero-order chi connectivity index (χ0) is 17.7. The van der Waals surface area contributed by atoms with Crippen LogP contribution in [-0.4, -0.2) is 41.8 Å². The number of aryl methyl sites for hydroxylation is 1. The molecule has 1 aromatic heterocycles. The number of nitrogen functional groups attached to an aromatic ring is 1. The highest BCUT2D eigenvalue weighted by molar-refractivity contribution is 5.97. The molecule has 1 aliphatic heterocycles. The number of aromatic carboxylic acids is 1. The number of nitrogens with one attached hydrogen (secondary N) is 1. The lowest BCUT2D eigenvalue weighted by molar-refractivity contribution is 0.0684. The van der Waals surface area contributed by atoms with Gasteiger partial charge in [0.05, 0.1) is 16.9 Å². The van der Waals surface area contributed by atoms with Crippen LogP contribution in [0.25, 0.3) is 10.9 Å². The summed E-state index contributed by atoms with van der Waals surface area (Å²) in [6.45, 7) is 5.37. The Balaban J connectivity index is 2.05. The summed E-state index contributed by atoms with van der Waals surface area (Å²) in [6, 6.07) is 3.09. The minimum atomic E-state index is -1.06. The Morgan fingerprint density at radius 2 is 1.96 bits per heavy atom. The fourth-order valence-electron chi connectivity index (χ4n) is 3.90. The number of piperazine rings is 1. The minimum Gasteiger partial charge on any atom is -0.477 e. The summed E-state index contributed by atoms with van der Waals surface area (Å²) in [6.07, 6.45) is 1.87. The number of aromatic nitrogens is 1. The summed E-state index contributed by atoms with van der Waals surface area (Å²) in [4.78, 5) is 26.5. The highest BCUT2D eigenvalue weighted by Crippen LogP contribution is 2.41. The maximum atomic E-state index is 12.5. The second-order valence-electron chi connectivity index (χ2n) is 6.87. The first kappa shape index (κ1) is 16.0. The minimum absolute atomic E-state index is 0.0686. The maximum Gasteiger partial charge on any atom is 0.352 e. The first-order valence-electron chi connectivity index (χ1n) is 8.66. The average molecular weight is 342 g/mol. The van der Waals surface area contributed by atoms with Crippen LogP contribution in [0.4, 0.5) is 11.4 Å². The van der Waals surface area contributed by atoms with Gasteiger partial charge in [-0.3, -0.25) is 4.79 Å². The molecule has 7 heteroatoms. The number of hydrogen-bond acceptors (Lipinski definition) is 5. The maximum absolute atomic E-state index is 12.5. The monoisotopic (exact) mass is 342 g/mol. The first-order valence-corrected chi connectivity index (χ1v) is 8.66. The molecule has 2 heterocycles. The van der Waals surface area contributed by atoms with Gasteiger partial charge in [-0.05, 0) is 31.4 Å². The van der Waals surface area contributed by atoms with Crippen molar-refractivity contribution in [2.75, 3.05) is 36.8 Å². The van der Waals surface area contributed by atoms with E-state index >= 15 is 0 Å². The first-order chi connectivity index (χ1) is 12.0. The fourth-order valence-corrected chi connectivity index (χ4v) is 3.90. The average Bonchev–Trinajstić information content (AvgIpc) is 3.41. The van der Waals surface area contributed by atoms with Crippen LogP contribution in [0.1, 0.15) is 34.9 Å². The number of rotatable bonds is 3. The van der Waals surface area contributed by atoms with Gasteiger partial charge in [0.2, 0.25) is 0 Å². The zero-order valence-electron chi connectivity index (χ0n) is 14.2. The molecule has 0 bridgehead atoms. The number of anilines is 2. The molecule has 25 heavy (non-hydrogen) atoms. The largest absolute Gasteiger partial charge is 0.477 e. The Labute approximate surface area is 145 Å². The number of carbonyl (C=O) groups is 1. The number of nitrogens with two attached hydrogens (primary N) is 1. The van der Waals surface area contributed by atoms with Crippen molar-refractivity contribution in [3.8, 4) is 0 Å². The van der Waals surface area contributed by atoms with Gasteiger partial charge in [0.25, 0.3) is 0 Å². The SMILES string of the molecule is Cc1c(N2CCNCC2)c(N)cc2c(=O)cc(C(=O)O)n(C3CC3)c12. The molecular formula is C18H22N4O3. The van der Waals surface area contributed by atoms with Gasteiger partial charge in [0.1, 0.15) is 5.69 Å². The quantitative estimate of drug-likeness (QED) is 0.728. The standard InChI is InChI=1S/C18H22N4O3/c1-10-16-12(8-13(19)17(10)21-6-4-20-5-7-21)15(23)9-14(18(24)25)22(16)11-2-3-11/h8-9,11,20H,2-7,19H2,1H3,(H,24,25). The van der Waals surface area contributed by atoms with E-state index in [0.717, 1.165) is 55.8 Å². The summed E-state index contributed by atoms with van der Waals surface area (Å²) < 4.78 is 1.83. The van der Waals surface area contributed by atoms with Crippen molar-refractivity contribution >= 4 is 28.2 Å². The van der Waals surface area contributed by atoms with E-state index in [1.807, 2.05) is 11.5 Å². The van der Waals surface area contributed by atoms with Crippen molar-refractivity contribution in [1.82, 2.24) is 9.88 Å². The molecule has 0 atom stereocenters. The Bertz CT molecular complexity index is 924. The second-order valence-corrected chi connectivity index (χ2v) is 6.87. The molecule has 132 valence electrons. The number of carboxylic acids is 1. The Kier molecular flexibility index (Phi) is 3.68. The van der Waals surface area contributed by atoms with Gasteiger partial charge in [0, 0.05) is 43.7 Å². The Hall–Kier alpha value is -2.54. The van der Waals surface area contributed by atoms with E-state index < -0.39 is 5.97 Å². The van der Waals surface area contributed by atoms with E-state index in [0.29, 0.717) is 11.1 Å². The van der Waals surface area contributed by atoms with Crippen LogP contribution in [0.2, 0.25) is 0 Å². The number of nitrogens with zero attached hydrogens (tertiary/aromatic N) is 2. The van der Waals surface area contributed by atoms with E-state index in [-0.39, 0.29) is 17.2 Å². The predicted molar refractivity (Wildman–Crippen MR) is 97.7 cm³/mol. The third-order valence-electron chi connectivity index (χ3n) is 5.14. The van der Waals surface area contributed by atoms with Crippen LogP contribution in [0.5, 0.6) is 0 Å². The molecule has 4 N–H and O–H groups in total. The smallest absolute Gasteiger partial charge is 0.352 e. The van der Waals surface area contributed by atoms with E-state index in [1.165, 1.54) is 6.07 Å². The van der Waals surface area contributed by atoms with Crippen molar-refractivity contribution in [3.05, 3.63) is 33.6 Å². The molecule has 2 aliphatic rings. The molecule has 0 spiro atoms. The summed E-state index contributed by atoms with van der Waals surface area (Å²) in [5.41, 5.74) is 9.19. The van der Waals surface area contributed by atoms with E-state index in [9.17, 15) is 14.7 Å². The van der Waals surface area contributed by atoms with Gasteiger partial charge in [-0.2, -0.15) is 0 Å². The lowest BCUT2D eigenvalue weighted by atomic mass is 10.0. The third kappa shape index (κ3) is 2.55. The van der Waals surface area contributed by atoms with Crippen LogP contribution < -0.4 is 21.4 Å². The molecule has 0 unspecified atom stereocenters.